The van der Waals surface area contributed by atoms with E-state index in [1.54, 1.807) is 0 Å². The number of halogens is 1. The lowest BCUT2D eigenvalue weighted by atomic mass is 9.90. The van der Waals surface area contributed by atoms with Crippen LogP contribution in [0.1, 0.15) is 53.5 Å². The van der Waals surface area contributed by atoms with Gasteiger partial charge in [-0.25, -0.2) is 0 Å². The quantitative estimate of drug-likeness (QED) is 0.155. The first-order chi connectivity index (χ1) is 46.4. The number of fused-ring (bicyclic) bond motifs is 6. The van der Waals surface area contributed by atoms with E-state index in [9.17, 15) is 0 Å². The molecule has 0 amide bonds. The smallest absolute Gasteiger partial charge is 0.0616 e. The molecular weight excluding hydrogens is 801 g/mol. The topological polar surface area (TPSA) is 0 Å². The van der Waals surface area contributed by atoms with E-state index in [-0.39, 0.29) is 26.0 Å². The average molecular weight is 879 g/mol. The van der Waals surface area contributed by atoms with E-state index in [1.165, 1.54) is 0 Å². The highest BCUT2D eigenvalue weighted by atomic mass is 79.9. The monoisotopic (exact) mass is 877 g/mol. The summed E-state index contributed by atoms with van der Waals surface area (Å²) < 4.78 is 335. The molecule has 0 saturated carbocycles. The molecule has 0 aliphatic rings. The van der Waals surface area contributed by atoms with Gasteiger partial charge in [0, 0.05) is 4.47 Å². The predicted molar refractivity (Wildman–Crippen MR) is 267 cm³/mol. The third kappa shape index (κ3) is 6.65. The van der Waals surface area contributed by atoms with Crippen molar-refractivity contribution >= 4 is 80.6 Å². The van der Waals surface area contributed by atoms with Crippen LogP contribution in [0.4, 0.5) is 0 Å². The largest absolute Gasteiger partial charge is 0.0636 e. The standard InChI is InChI=1S/C30H19Br.C30H20/c31-30-27-13-5-3-11-25(27)29(26-12-4-6-14-28(26)30)22-18-16-21(17-19-22)24-15-7-9-20-8-1-2-10-23(20)24;1-4-12-26-21(8-1)11-7-15-27(26)22-16-18-23(19-17-22)30-28-13-5-2-9-24(28)20-25-10-3-6-14-29(25)30/h1-19H;1-20H/i1D,2D,3D,4D,5D,6D,7D,8D,9D,10D,11D,12D,13D,14D,15D,16D,17D,18D,19D;1D,2D,3D,4D,5D,6D,7D,8D,9D,10D,11D,12D,13D,14D,15D,16D,17D,18D,19D,20D. The molecule has 12 aromatic rings. The Morgan fingerprint density at radius 3 is 0.967 bits per heavy atom. The van der Waals surface area contributed by atoms with Crippen LogP contribution in [0.3, 0.4) is 0 Å². The van der Waals surface area contributed by atoms with Gasteiger partial charge in [0.15, 0.2) is 0 Å². The molecule has 0 fully saturated rings. The van der Waals surface area contributed by atoms with Gasteiger partial charge >= 0.3 is 0 Å². The first kappa shape index (κ1) is 14.1. The third-order valence-corrected chi connectivity index (χ3v) is 10.1. The summed E-state index contributed by atoms with van der Waals surface area (Å²) in [6.45, 7) is 0. The van der Waals surface area contributed by atoms with E-state index in [2.05, 4.69) is 15.9 Å². The summed E-state index contributed by atoms with van der Waals surface area (Å²) in [7, 11) is 0. The summed E-state index contributed by atoms with van der Waals surface area (Å²) in [5.41, 5.74) is -4.84. The van der Waals surface area contributed by atoms with Crippen LogP contribution in [0.2, 0.25) is 0 Å². The van der Waals surface area contributed by atoms with Crippen LogP contribution < -0.4 is 0 Å². The van der Waals surface area contributed by atoms with E-state index < -0.39 is 323 Å². The normalized spacial score (nSPS) is 20.3. The molecule has 1 heteroatoms. The number of benzene rings is 12. The highest BCUT2D eigenvalue weighted by Gasteiger charge is 2.15. The molecule has 0 aromatic heterocycles. The van der Waals surface area contributed by atoms with Crippen LogP contribution in [-0.2, 0) is 0 Å². The van der Waals surface area contributed by atoms with Crippen LogP contribution in [0.25, 0.3) is 109 Å². The maximum atomic E-state index is 9.17. The number of rotatable bonds is 4. The highest BCUT2D eigenvalue weighted by molar-refractivity contribution is 9.10. The molecule has 0 aliphatic heterocycles. The number of hydrogen-bond donors (Lipinski definition) is 0. The lowest BCUT2D eigenvalue weighted by Crippen LogP contribution is -1.88. The Labute approximate surface area is 418 Å². The Kier molecular flexibility index (Phi) is 3.64. The summed E-state index contributed by atoms with van der Waals surface area (Å²) >= 11 is 3.27. The van der Waals surface area contributed by atoms with Crippen molar-refractivity contribution in [3.63, 3.8) is 0 Å². The number of hydrogen-bond acceptors (Lipinski definition) is 0. The van der Waals surface area contributed by atoms with Crippen molar-refractivity contribution in [3.8, 4) is 44.5 Å². The first-order valence-corrected chi connectivity index (χ1v) is 18.5. The fourth-order valence-corrected chi connectivity index (χ4v) is 7.24. The van der Waals surface area contributed by atoms with Gasteiger partial charge in [-0.1, -0.05) is 230 Å². The molecule has 0 spiro atoms. The van der Waals surface area contributed by atoms with Crippen molar-refractivity contribution < 1.29 is 53.5 Å². The maximum Gasteiger partial charge on any atom is 0.0636 e. The van der Waals surface area contributed by atoms with Crippen LogP contribution >= 0.6 is 15.9 Å². The lowest BCUT2D eigenvalue weighted by molar-refractivity contribution is 1.63. The molecule has 0 N–H and O–H groups in total. The lowest BCUT2D eigenvalue weighted by Gasteiger charge is -2.15. The minimum atomic E-state index is -0.934. The van der Waals surface area contributed by atoms with Crippen molar-refractivity contribution in [1.29, 1.82) is 0 Å². The molecule has 0 nitrogen and oxygen atoms in total. The second kappa shape index (κ2) is 15.7. The molecule has 0 saturated heterocycles. The molecule has 0 heterocycles. The van der Waals surface area contributed by atoms with Gasteiger partial charge in [0.2, 0.25) is 0 Å². The molecule has 0 bridgehead atoms. The zero-order chi connectivity index (χ0) is 74.6. The summed E-state index contributed by atoms with van der Waals surface area (Å²) in [5.74, 6) is 0. The molecule has 0 unspecified atom stereocenters. The Bertz CT molecular complexity index is 5310. The molecule has 0 radical (unpaired) electrons. The Morgan fingerprint density at radius 2 is 0.541 bits per heavy atom. The van der Waals surface area contributed by atoms with E-state index >= 15 is 0 Å². The van der Waals surface area contributed by atoms with Crippen molar-refractivity contribution in [3.05, 3.63) is 240 Å². The van der Waals surface area contributed by atoms with Crippen molar-refractivity contribution in [2.45, 2.75) is 0 Å². The van der Waals surface area contributed by atoms with Gasteiger partial charge in [0.25, 0.3) is 0 Å². The van der Waals surface area contributed by atoms with Gasteiger partial charge in [0.1, 0.15) is 0 Å². The molecular formula is C60H39Br. The van der Waals surface area contributed by atoms with E-state index in [4.69, 9.17) is 53.5 Å². The SMILES string of the molecule is [2H]c1c([2H])c(-c2c3c([2H])c([2H])c([2H])c([2H])c3c(Br)c3c([2H])c([2H])c([2H])c([2H])c23)c([2H])c([2H])c1-c1c([2H])c([2H])c([2H])c2c([2H])c([2H])c([2H])c([2H])c12.[2H]c1c([2H])c(-c2c3c([2H])c([2H])c([2H])c([2H])c3c([2H])c3c([2H])c([2H])c([2H])c([2H])c23)c([2H])c([2H])c1-c1c([2H])c([2H])c([2H])c2c([2H])c([2H])c([2H])c([2H])c12. The maximum absolute atomic E-state index is 9.17. The summed E-state index contributed by atoms with van der Waals surface area (Å²) in [6, 6.07) is -30.5. The van der Waals surface area contributed by atoms with E-state index in [0.717, 1.165) is 0 Å². The summed E-state index contributed by atoms with van der Waals surface area (Å²) in [4.78, 5) is 0. The molecule has 12 aromatic carbocycles. The van der Waals surface area contributed by atoms with Crippen molar-refractivity contribution in [1.82, 2.24) is 0 Å². The van der Waals surface area contributed by atoms with Crippen LogP contribution in [0.5, 0.6) is 0 Å². The van der Waals surface area contributed by atoms with Gasteiger partial charge in [-0.15, -0.1) is 0 Å². The van der Waals surface area contributed by atoms with Gasteiger partial charge in [-0.2, -0.15) is 0 Å². The average Bonchev–Trinajstić information content (AvgIpc) is 0.717. The fourth-order valence-electron chi connectivity index (χ4n) is 6.64. The van der Waals surface area contributed by atoms with Gasteiger partial charge in [0.05, 0.1) is 53.5 Å². The van der Waals surface area contributed by atoms with Gasteiger partial charge in [-0.3, -0.25) is 0 Å². The van der Waals surface area contributed by atoms with Gasteiger partial charge < -0.3 is 0 Å². The van der Waals surface area contributed by atoms with Crippen molar-refractivity contribution in [2.24, 2.45) is 0 Å². The third-order valence-electron chi connectivity index (χ3n) is 9.31. The molecule has 61 heavy (non-hydrogen) atoms. The Morgan fingerprint density at radius 1 is 0.246 bits per heavy atom. The molecule has 286 valence electrons. The second-order valence-corrected chi connectivity index (χ2v) is 13.5. The Balaban J connectivity index is 0.000000202. The van der Waals surface area contributed by atoms with E-state index in [0.29, 0.717) is 0 Å². The zero-order valence-electron chi connectivity index (χ0n) is 69.4. The minimum absolute atomic E-state index is 0.130. The first-order valence-electron chi connectivity index (χ1n) is 37.2. The second-order valence-electron chi connectivity index (χ2n) is 12.7. The molecule has 0 aliphatic carbocycles. The van der Waals surface area contributed by atoms with Crippen molar-refractivity contribution in [2.75, 3.05) is 0 Å². The predicted octanol–water partition coefficient (Wildman–Crippen LogP) is 17.7. The summed E-state index contributed by atoms with van der Waals surface area (Å²) in [6.07, 6.45) is 0. The van der Waals surface area contributed by atoms with E-state index in [1.807, 2.05) is 0 Å². The van der Waals surface area contributed by atoms with Crippen LogP contribution in [-0.4, -0.2) is 0 Å². The fraction of sp³-hybridized carbons (Fsp3) is 0. The van der Waals surface area contributed by atoms with Crippen LogP contribution in [0.15, 0.2) is 240 Å². The zero-order valence-corrected chi connectivity index (χ0v) is 32.0. The summed E-state index contributed by atoms with van der Waals surface area (Å²) in [5, 5.41) is -5.29. The highest BCUT2D eigenvalue weighted by Crippen LogP contribution is 2.43. The van der Waals surface area contributed by atoms with Gasteiger partial charge in [-0.05, 0) is 131 Å². The molecule has 0 atom stereocenters. The Hall–Kier alpha value is -7.32. The minimum Gasteiger partial charge on any atom is -0.0616 e. The molecule has 12 rings (SSSR count). The van der Waals surface area contributed by atoms with Crippen LogP contribution in [0, 0.1) is 0 Å².